The highest BCUT2D eigenvalue weighted by molar-refractivity contribution is 7.91. The minimum Gasteiger partial charge on any atom is -0.354 e. The molecule has 1 aliphatic rings. The van der Waals surface area contributed by atoms with E-state index in [-0.39, 0.29) is 42.1 Å². The summed E-state index contributed by atoms with van der Waals surface area (Å²) in [6.07, 6.45) is 1.30. The smallest absolute Gasteiger partial charge is 0.252 e. The molecular formula is C20H24FN3O4S2. The lowest BCUT2D eigenvalue weighted by atomic mass is 9.99. The van der Waals surface area contributed by atoms with Crippen molar-refractivity contribution in [2.24, 2.45) is 5.92 Å². The van der Waals surface area contributed by atoms with Gasteiger partial charge in [0.05, 0.1) is 12.3 Å². The maximum absolute atomic E-state index is 13.2. The Hall–Kier alpha value is -2.30. The largest absolute Gasteiger partial charge is 0.354 e. The minimum atomic E-state index is -3.57. The van der Waals surface area contributed by atoms with E-state index in [1.54, 1.807) is 29.6 Å². The van der Waals surface area contributed by atoms with E-state index in [4.69, 9.17) is 0 Å². The first-order valence-corrected chi connectivity index (χ1v) is 12.0. The molecular weight excluding hydrogens is 429 g/mol. The number of halogens is 1. The molecule has 1 atom stereocenters. The predicted molar refractivity (Wildman–Crippen MR) is 112 cm³/mol. The number of rotatable bonds is 8. The van der Waals surface area contributed by atoms with Crippen LogP contribution in [0, 0.1) is 11.7 Å². The lowest BCUT2D eigenvalue weighted by Gasteiger charge is -2.30. The van der Waals surface area contributed by atoms with Gasteiger partial charge < -0.3 is 10.6 Å². The summed E-state index contributed by atoms with van der Waals surface area (Å²) in [5.41, 5.74) is 0.575. The number of hydrogen-bond acceptors (Lipinski definition) is 5. The molecule has 1 fully saturated rings. The number of nitrogens with zero attached hydrogens (tertiary/aromatic N) is 1. The van der Waals surface area contributed by atoms with Crippen LogP contribution in [0.15, 0.2) is 46.0 Å². The van der Waals surface area contributed by atoms with E-state index in [2.05, 4.69) is 10.6 Å². The Morgan fingerprint density at radius 2 is 1.97 bits per heavy atom. The van der Waals surface area contributed by atoms with Crippen LogP contribution in [-0.2, 0) is 26.0 Å². The van der Waals surface area contributed by atoms with Gasteiger partial charge in [-0.2, -0.15) is 4.31 Å². The lowest BCUT2D eigenvalue weighted by molar-refractivity contribution is -0.126. The van der Waals surface area contributed by atoms with E-state index in [9.17, 15) is 22.4 Å². The molecule has 1 unspecified atom stereocenters. The SMILES string of the molecule is O=C(Cc1cccc(F)c1)NCCNC(=O)C1CCCN(S(=O)(=O)c2cccs2)C1. The van der Waals surface area contributed by atoms with E-state index in [0.29, 0.717) is 24.9 Å². The third-order valence-electron chi connectivity index (χ3n) is 4.84. The second-order valence-electron chi connectivity index (χ2n) is 7.08. The molecule has 0 radical (unpaired) electrons. The number of thiophene rings is 1. The molecule has 0 bridgehead atoms. The van der Waals surface area contributed by atoms with Gasteiger partial charge in [0.15, 0.2) is 0 Å². The summed E-state index contributed by atoms with van der Waals surface area (Å²) in [4.78, 5) is 24.4. The molecule has 0 aliphatic carbocycles. The molecule has 0 saturated carbocycles. The van der Waals surface area contributed by atoms with Crippen molar-refractivity contribution in [3.8, 4) is 0 Å². The number of amides is 2. The quantitative estimate of drug-likeness (QED) is 0.596. The van der Waals surface area contributed by atoms with Crippen molar-refractivity contribution in [1.82, 2.24) is 14.9 Å². The molecule has 1 aliphatic heterocycles. The average molecular weight is 454 g/mol. The van der Waals surface area contributed by atoms with E-state index >= 15 is 0 Å². The molecule has 2 heterocycles. The normalized spacial score (nSPS) is 17.4. The Kier molecular flexibility index (Phi) is 7.57. The van der Waals surface area contributed by atoms with E-state index < -0.39 is 21.8 Å². The zero-order valence-corrected chi connectivity index (χ0v) is 18.0. The first-order valence-electron chi connectivity index (χ1n) is 9.69. The van der Waals surface area contributed by atoms with Crippen LogP contribution in [0.5, 0.6) is 0 Å². The fourth-order valence-corrected chi connectivity index (χ4v) is 6.01. The van der Waals surface area contributed by atoms with Crippen molar-refractivity contribution in [2.45, 2.75) is 23.5 Å². The third kappa shape index (κ3) is 5.87. The van der Waals surface area contributed by atoms with Gasteiger partial charge >= 0.3 is 0 Å². The Morgan fingerprint density at radius 1 is 1.17 bits per heavy atom. The minimum absolute atomic E-state index is 0.0594. The summed E-state index contributed by atoms with van der Waals surface area (Å²) >= 11 is 1.16. The van der Waals surface area contributed by atoms with Crippen LogP contribution in [0.1, 0.15) is 18.4 Å². The van der Waals surface area contributed by atoms with Gasteiger partial charge in [-0.15, -0.1) is 11.3 Å². The third-order valence-corrected chi connectivity index (χ3v) is 8.08. The second kappa shape index (κ2) is 10.1. The highest BCUT2D eigenvalue weighted by atomic mass is 32.2. The van der Waals surface area contributed by atoms with Crippen molar-refractivity contribution in [3.63, 3.8) is 0 Å². The Labute approximate surface area is 179 Å². The number of nitrogens with one attached hydrogen (secondary N) is 2. The van der Waals surface area contributed by atoms with Gasteiger partial charge in [0, 0.05) is 26.2 Å². The molecule has 3 rings (SSSR count). The fraction of sp³-hybridized carbons (Fsp3) is 0.400. The Morgan fingerprint density at radius 3 is 2.70 bits per heavy atom. The van der Waals surface area contributed by atoms with Gasteiger partial charge in [0.1, 0.15) is 10.0 Å². The second-order valence-corrected chi connectivity index (χ2v) is 10.2. The molecule has 162 valence electrons. The van der Waals surface area contributed by atoms with E-state index in [1.807, 2.05) is 0 Å². The van der Waals surface area contributed by atoms with Gasteiger partial charge in [0.25, 0.3) is 10.0 Å². The number of benzene rings is 1. The molecule has 2 amide bonds. The van der Waals surface area contributed by atoms with Crippen LogP contribution in [0.4, 0.5) is 4.39 Å². The predicted octanol–water partition coefficient (Wildman–Crippen LogP) is 1.76. The lowest BCUT2D eigenvalue weighted by Crippen LogP contribution is -2.46. The topological polar surface area (TPSA) is 95.6 Å². The first kappa shape index (κ1) is 22.4. The first-order chi connectivity index (χ1) is 14.4. The molecule has 1 aromatic carbocycles. The van der Waals surface area contributed by atoms with Crippen molar-refractivity contribution in [2.75, 3.05) is 26.2 Å². The summed E-state index contributed by atoms with van der Waals surface area (Å²) in [6, 6.07) is 9.09. The number of carbonyl (C=O) groups excluding carboxylic acids is 2. The number of hydrogen-bond donors (Lipinski definition) is 2. The molecule has 1 aromatic heterocycles. The van der Waals surface area contributed by atoms with Gasteiger partial charge in [0.2, 0.25) is 11.8 Å². The highest BCUT2D eigenvalue weighted by Crippen LogP contribution is 2.26. The molecule has 2 aromatic rings. The summed E-state index contributed by atoms with van der Waals surface area (Å²) < 4.78 is 40.1. The maximum atomic E-state index is 13.2. The van der Waals surface area contributed by atoms with Crippen LogP contribution in [0.3, 0.4) is 0 Å². The highest BCUT2D eigenvalue weighted by Gasteiger charge is 2.33. The van der Waals surface area contributed by atoms with Crippen LogP contribution in [0.2, 0.25) is 0 Å². The van der Waals surface area contributed by atoms with Crippen LogP contribution < -0.4 is 10.6 Å². The zero-order chi connectivity index (χ0) is 21.6. The molecule has 1 saturated heterocycles. The van der Waals surface area contributed by atoms with Crippen molar-refractivity contribution >= 4 is 33.2 Å². The fourth-order valence-electron chi connectivity index (χ4n) is 3.34. The Balaban J connectivity index is 1.42. The van der Waals surface area contributed by atoms with Gasteiger partial charge in [-0.3, -0.25) is 9.59 Å². The zero-order valence-electron chi connectivity index (χ0n) is 16.3. The Bertz CT molecular complexity index is 980. The van der Waals surface area contributed by atoms with Gasteiger partial charge in [-0.1, -0.05) is 18.2 Å². The summed E-state index contributed by atoms with van der Waals surface area (Å²) in [7, 11) is -3.57. The monoisotopic (exact) mass is 453 g/mol. The number of sulfonamides is 1. The number of carbonyl (C=O) groups is 2. The molecule has 2 N–H and O–H groups in total. The molecule has 0 spiro atoms. The van der Waals surface area contributed by atoms with Crippen LogP contribution in [0.25, 0.3) is 0 Å². The molecule has 30 heavy (non-hydrogen) atoms. The summed E-state index contributed by atoms with van der Waals surface area (Å²) in [6.45, 7) is 1.03. The van der Waals surface area contributed by atoms with Crippen molar-refractivity contribution in [3.05, 3.63) is 53.2 Å². The van der Waals surface area contributed by atoms with Crippen LogP contribution >= 0.6 is 11.3 Å². The van der Waals surface area contributed by atoms with Gasteiger partial charge in [-0.05, 0) is 42.0 Å². The number of piperidine rings is 1. The molecule has 7 nitrogen and oxygen atoms in total. The van der Waals surface area contributed by atoms with Gasteiger partial charge in [-0.25, -0.2) is 12.8 Å². The molecule has 10 heteroatoms. The van der Waals surface area contributed by atoms with E-state index in [0.717, 1.165) is 11.3 Å². The van der Waals surface area contributed by atoms with Crippen LogP contribution in [-0.4, -0.2) is 50.7 Å². The standard InChI is InChI=1S/C20H24FN3O4S2/c21-17-6-1-4-15(12-17)13-18(25)22-8-9-23-20(26)16-5-2-10-24(14-16)30(27,28)19-7-3-11-29-19/h1,3-4,6-7,11-12,16H,2,5,8-10,13-14H2,(H,22,25)(H,23,26). The summed E-state index contributed by atoms with van der Waals surface area (Å²) in [5.74, 6) is -1.30. The summed E-state index contributed by atoms with van der Waals surface area (Å²) in [5, 5.41) is 7.15. The average Bonchev–Trinajstić information content (AvgIpc) is 3.27. The van der Waals surface area contributed by atoms with Crippen molar-refractivity contribution < 1.29 is 22.4 Å². The van der Waals surface area contributed by atoms with E-state index in [1.165, 1.54) is 16.4 Å². The van der Waals surface area contributed by atoms with Crippen molar-refractivity contribution in [1.29, 1.82) is 0 Å². The maximum Gasteiger partial charge on any atom is 0.252 e.